The van der Waals surface area contributed by atoms with Crippen molar-refractivity contribution in [2.45, 2.75) is 19.9 Å². The molecule has 1 fully saturated rings. The van der Waals surface area contributed by atoms with Crippen molar-refractivity contribution in [3.8, 4) is 5.75 Å². The van der Waals surface area contributed by atoms with Crippen molar-refractivity contribution >= 4 is 22.7 Å². The number of anilines is 1. The third-order valence-corrected chi connectivity index (χ3v) is 4.67. The van der Waals surface area contributed by atoms with Gasteiger partial charge in [-0.25, -0.2) is 13.6 Å². The van der Waals surface area contributed by atoms with Crippen LogP contribution in [0.4, 0.5) is 19.3 Å². The molecule has 1 atom stereocenters. The van der Waals surface area contributed by atoms with Gasteiger partial charge in [-0.1, -0.05) is 0 Å². The number of halogens is 2. The van der Waals surface area contributed by atoms with Crippen LogP contribution in [0.2, 0.25) is 0 Å². The first-order valence-electron chi connectivity index (χ1n) is 8.28. The topological polar surface area (TPSA) is 97.8 Å². The molecule has 1 aromatic carbocycles. The van der Waals surface area contributed by atoms with E-state index in [2.05, 4.69) is 4.74 Å². The molecule has 1 aliphatic heterocycles. The SMILES string of the molecule is CCn1cc(OC(=O)O)c(=O)c2cc(F)c(N3CCC(CN)C3)c(F)c21. The third kappa shape index (κ3) is 2.98. The Balaban J connectivity index is 2.23. The van der Waals surface area contributed by atoms with E-state index in [0.29, 0.717) is 19.6 Å². The summed E-state index contributed by atoms with van der Waals surface area (Å²) in [6.45, 7) is 3.27. The molecule has 140 valence electrons. The fourth-order valence-corrected chi connectivity index (χ4v) is 3.38. The predicted octanol–water partition coefficient (Wildman–Crippen LogP) is 2.14. The van der Waals surface area contributed by atoms with Gasteiger partial charge >= 0.3 is 6.16 Å². The molecule has 9 heteroatoms. The highest BCUT2D eigenvalue weighted by molar-refractivity contribution is 5.85. The molecule has 2 heterocycles. The number of carbonyl (C=O) groups is 1. The minimum absolute atomic E-state index is 0.0807. The molecule has 1 unspecified atom stereocenters. The van der Waals surface area contributed by atoms with E-state index in [4.69, 9.17) is 10.8 Å². The number of fused-ring (bicyclic) bond motifs is 1. The predicted molar refractivity (Wildman–Crippen MR) is 91.8 cm³/mol. The monoisotopic (exact) mass is 367 g/mol. The normalized spacial score (nSPS) is 17.1. The Morgan fingerprint density at radius 1 is 1.46 bits per heavy atom. The van der Waals surface area contributed by atoms with E-state index in [1.165, 1.54) is 4.57 Å². The summed E-state index contributed by atoms with van der Waals surface area (Å²) in [6, 6.07) is 0.937. The number of nitrogens with zero attached hydrogens (tertiary/aromatic N) is 2. The van der Waals surface area contributed by atoms with E-state index < -0.39 is 29.0 Å². The molecule has 0 spiro atoms. The maximum Gasteiger partial charge on any atom is 0.511 e. The van der Waals surface area contributed by atoms with Crippen molar-refractivity contribution < 1.29 is 23.4 Å². The number of nitrogens with two attached hydrogens (primary N) is 1. The molecule has 0 bridgehead atoms. The Bertz CT molecular complexity index is 929. The van der Waals surface area contributed by atoms with Crippen LogP contribution in [-0.4, -0.2) is 35.5 Å². The lowest BCUT2D eigenvalue weighted by molar-refractivity contribution is 0.144. The summed E-state index contributed by atoms with van der Waals surface area (Å²) in [4.78, 5) is 24.7. The van der Waals surface area contributed by atoms with Gasteiger partial charge in [0, 0.05) is 19.6 Å². The van der Waals surface area contributed by atoms with E-state index in [1.807, 2.05) is 0 Å². The van der Waals surface area contributed by atoms with Crippen molar-refractivity contribution in [3.63, 3.8) is 0 Å². The van der Waals surface area contributed by atoms with Crippen LogP contribution in [-0.2, 0) is 6.54 Å². The minimum atomic E-state index is -1.67. The number of pyridine rings is 1. The zero-order chi connectivity index (χ0) is 19.0. The van der Waals surface area contributed by atoms with Gasteiger partial charge < -0.3 is 25.0 Å². The first kappa shape index (κ1) is 18.1. The summed E-state index contributed by atoms with van der Waals surface area (Å²) in [5.74, 6) is -2.06. The maximum atomic E-state index is 15.2. The Labute approximate surface area is 147 Å². The van der Waals surface area contributed by atoms with Gasteiger partial charge in [0.25, 0.3) is 0 Å². The van der Waals surface area contributed by atoms with Crippen LogP contribution in [0.3, 0.4) is 0 Å². The molecule has 0 saturated carbocycles. The zero-order valence-corrected chi connectivity index (χ0v) is 14.2. The number of aryl methyl sites for hydroxylation is 1. The Morgan fingerprint density at radius 3 is 2.77 bits per heavy atom. The van der Waals surface area contributed by atoms with Crippen LogP contribution in [0, 0.1) is 17.6 Å². The van der Waals surface area contributed by atoms with E-state index >= 15 is 4.39 Å². The van der Waals surface area contributed by atoms with Gasteiger partial charge in [-0.3, -0.25) is 4.79 Å². The molecular formula is C17H19F2N3O4. The molecule has 1 aliphatic rings. The standard InChI is InChI=1S/C17H19F2N3O4/c1-2-21-8-12(26-17(24)25)16(23)10-5-11(18)15(13(19)14(10)21)22-4-3-9(6-20)7-22/h5,8-9H,2-4,6-7,20H2,1H3,(H,24,25). The van der Waals surface area contributed by atoms with Crippen molar-refractivity contribution in [2.75, 3.05) is 24.5 Å². The second-order valence-electron chi connectivity index (χ2n) is 6.23. The second-order valence-corrected chi connectivity index (χ2v) is 6.23. The van der Waals surface area contributed by atoms with Gasteiger partial charge in [-0.05, 0) is 31.9 Å². The molecule has 1 saturated heterocycles. The molecule has 2 aromatic rings. The first-order valence-corrected chi connectivity index (χ1v) is 8.28. The molecule has 0 aliphatic carbocycles. The van der Waals surface area contributed by atoms with Crippen LogP contribution in [0.25, 0.3) is 10.9 Å². The van der Waals surface area contributed by atoms with E-state index in [9.17, 15) is 14.0 Å². The number of benzene rings is 1. The zero-order valence-electron chi connectivity index (χ0n) is 14.2. The quantitative estimate of drug-likeness (QED) is 0.804. The van der Waals surface area contributed by atoms with Crippen LogP contribution in [0.1, 0.15) is 13.3 Å². The van der Waals surface area contributed by atoms with Crippen LogP contribution >= 0.6 is 0 Å². The highest BCUT2D eigenvalue weighted by Gasteiger charge is 2.29. The fraction of sp³-hybridized carbons (Fsp3) is 0.412. The summed E-state index contributed by atoms with van der Waals surface area (Å²) in [5.41, 5.74) is 4.49. The number of aromatic nitrogens is 1. The summed E-state index contributed by atoms with van der Waals surface area (Å²) in [7, 11) is 0. The number of rotatable bonds is 4. The molecule has 7 nitrogen and oxygen atoms in total. The number of carboxylic acid groups (broad SMARTS) is 1. The minimum Gasteiger partial charge on any atom is -0.449 e. The summed E-state index contributed by atoms with van der Waals surface area (Å²) < 4.78 is 35.6. The van der Waals surface area contributed by atoms with Crippen LogP contribution in [0.15, 0.2) is 17.1 Å². The van der Waals surface area contributed by atoms with Crippen molar-refractivity contribution in [1.29, 1.82) is 0 Å². The summed E-state index contributed by atoms with van der Waals surface area (Å²) in [5, 5.41) is 8.47. The van der Waals surface area contributed by atoms with Crippen molar-refractivity contribution in [2.24, 2.45) is 11.7 Å². The van der Waals surface area contributed by atoms with E-state index in [0.717, 1.165) is 18.7 Å². The van der Waals surface area contributed by atoms with Crippen LogP contribution in [0.5, 0.6) is 5.75 Å². The summed E-state index contributed by atoms with van der Waals surface area (Å²) in [6.07, 6.45) is 0.182. The molecular weight excluding hydrogens is 348 g/mol. The maximum absolute atomic E-state index is 15.2. The molecule has 3 rings (SSSR count). The molecule has 3 N–H and O–H groups in total. The highest BCUT2D eigenvalue weighted by atomic mass is 19.1. The van der Waals surface area contributed by atoms with Gasteiger partial charge in [-0.2, -0.15) is 0 Å². The van der Waals surface area contributed by atoms with Gasteiger partial charge in [0.1, 0.15) is 11.5 Å². The largest absolute Gasteiger partial charge is 0.511 e. The molecule has 0 amide bonds. The number of ether oxygens (including phenoxy) is 1. The second kappa shape index (κ2) is 6.91. The Morgan fingerprint density at radius 2 is 2.19 bits per heavy atom. The molecule has 26 heavy (non-hydrogen) atoms. The fourth-order valence-electron chi connectivity index (χ4n) is 3.38. The van der Waals surface area contributed by atoms with Gasteiger partial charge in [-0.15, -0.1) is 0 Å². The third-order valence-electron chi connectivity index (χ3n) is 4.67. The lowest BCUT2D eigenvalue weighted by Gasteiger charge is -2.22. The highest BCUT2D eigenvalue weighted by Crippen LogP contribution is 2.33. The van der Waals surface area contributed by atoms with Crippen LogP contribution < -0.4 is 20.8 Å². The Hall–Kier alpha value is -2.68. The molecule has 1 aromatic heterocycles. The van der Waals surface area contributed by atoms with E-state index in [1.54, 1.807) is 11.8 Å². The lowest BCUT2D eigenvalue weighted by atomic mass is 10.1. The first-order chi connectivity index (χ1) is 12.4. The van der Waals surface area contributed by atoms with Gasteiger partial charge in [0.2, 0.25) is 5.43 Å². The van der Waals surface area contributed by atoms with Gasteiger partial charge in [0.15, 0.2) is 11.6 Å². The van der Waals surface area contributed by atoms with Gasteiger partial charge in [0.05, 0.1) is 17.1 Å². The van der Waals surface area contributed by atoms with Crippen molar-refractivity contribution in [1.82, 2.24) is 4.57 Å². The average molecular weight is 367 g/mol. The lowest BCUT2D eigenvalue weighted by Crippen LogP contribution is -2.25. The number of hydrogen-bond donors (Lipinski definition) is 2. The number of hydrogen-bond acceptors (Lipinski definition) is 5. The smallest absolute Gasteiger partial charge is 0.449 e. The summed E-state index contributed by atoms with van der Waals surface area (Å²) >= 11 is 0. The van der Waals surface area contributed by atoms with Crippen molar-refractivity contribution in [3.05, 3.63) is 34.1 Å². The van der Waals surface area contributed by atoms with E-state index in [-0.39, 0.29) is 29.1 Å². The molecule has 0 radical (unpaired) electrons. The average Bonchev–Trinajstić information content (AvgIpc) is 3.06. The Kier molecular flexibility index (Phi) is 4.82.